The first-order chi connectivity index (χ1) is 10.8. The van der Waals surface area contributed by atoms with Crippen LogP contribution in [0, 0.1) is 5.92 Å². The van der Waals surface area contributed by atoms with Gasteiger partial charge in [-0.25, -0.2) is 0 Å². The largest absolute Gasteiger partial charge is 0.354 e. The summed E-state index contributed by atoms with van der Waals surface area (Å²) in [6.07, 6.45) is 0.416. The Morgan fingerprint density at radius 2 is 1.27 bits per heavy atom. The van der Waals surface area contributed by atoms with Gasteiger partial charge in [0.25, 0.3) is 0 Å². The van der Waals surface area contributed by atoms with Gasteiger partial charge in [0.05, 0.1) is 0 Å². The van der Waals surface area contributed by atoms with Crippen molar-refractivity contribution in [1.82, 2.24) is 21.3 Å². The smallest absolute Gasteiger partial charge is 0.232 e. The first-order valence-corrected chi connectivity index (χ1v) is 7.78. The second kappa shape index (κ2) is 9.17. The first-order valence-electron chi connectivity index (χ1n) is 7.78. The van der Waals surface area contributed by atoms with E-state index in [4.69, 9.17) is 0 Å². The fourth-order valence-corrected chi connectivity index (χ4v) is 2.38. The Bertz CT molecular complexity index is 454. The lowest BCUT2D eigenvalue weighted by atomic mass is 9.97. The van der Waals surface area contributed by atoms with Crippen molar-refractivity contribution < 1.29 is 9.59 Å². The van der Waals surface area contributed by atoms with Crippen LogP contribution in [0.2, 0.25) is 0 Å². The first kappa shape index (κ1) is 16.5. The van der Waals surface area contributed by atoms with Crippen LogP contribution in [0.4, 0.5) is 0 Å². The number of amides is 2. The highest BCUT2D eigenvalue weighted by molar-refractivity contribution is 6.00. The van der Waals surface area contributed by atoms with Crippen molar-refractivity contribution in [3.63, 3.8) is 0 Å². The van der Waals surface area contributed by atoms with Crippen molar-refractivity contribution in [3.05, 3.63) is 35.9 Å². The molecule has 2 amide bonds. The van der Waals surface area contributed by atoms with Crippen molar-refractivity contribution in [1.29, 1.82) is 0 Å². The molecule has 0 radical (unpaired) electrons. The number of nitrogens with one attached hydrogen (secondary N) is 4. The Balaban J connectivity index is 2.02. The zero-order valence-electron chi connectivity index (χ0n) is 12.7. The number of hydrogen-bond donors (Lipinski definition) is 4. The van der Waals surface area contributed by atoms with Gasteiger partial charge < -0.3 is 21.3 Å². The summed E-state index contributed by atoms with van der Waals surface area (Å²) in [5.41, 5.74) is 0.985. The highest BCUT2D eigenvalue weighted by Gasteiger charge is 2.26. The topological polar surface area (TPSA) is 82.3 Å². The summed E-state index contributed by atoms with van der Waals surface area (Å²) in [5, 5.41) is 12.2. The third-order valence-electron chi connectivity index (χ3n) is 3.60. The highest BCUT2D eigenvalue weighted by atomic mass is 16.2. The van der Waals surface area contributed by atoms with Gasteiger partial charge in [0, 0.05) is 39.3 Å². The molecule has 1 aliphatic rings. The Hall–Kier alpha value is -1.92. The van der Waals surface area contributed by atoms with Crippen molar-refractivity contribution in [3.8, 4) is 0 Å². The third kappa shape index (κ3) is 5.46. The van der Waals surface area contributed by atoms with Crippen molar-refractivity contribution in [2.45, 2.75) is 6.42 Å². The summed E-state index contributed by atoms with van der Waals surface area (Å²) >= 11 is 0. The van der Waals surface area contributed by atoms with E-state index >= 15 is 0 Å². The SMILES string of the molecule is O=C1NCCNCCNCCNC(=O)C1Cc1ccccc1. The molecule has 0 aromatic heterocycles. The van der Waals surface area contributed by atoms with Gasteiger partial charge >= 0.3 is 0 Å². The molecule has 2 rings (SSSR count). The van der Waals surface area contributed by atoms with E-state index in [0.29, 0.717) is 32.6 Å². The van der Waals surface area contributed by atoms with E-state index in [1.807, 2.05) is 30.3 Å². The van der Waals surface area contributed by atoms with Crippen LogP contribution in [-0.4, -0.2) is 51.1 Å². The minimum atomic E-state index is -0.692. The molecule has 22 heavy (non-hydrogen) atoms. The fourth-order valence-electron chi connectivity index (χ4n) is 2.38. The van der Waals surface area contributed by atoms with Crippen LogP contribution in [0.3, 0.4) is 0 Å². The van der Waals surface area contributed by atoms with Crippen LogP contribution in [-0.2, 0) is 16.0 Å². The molecule has 1 heterocycles. The Morgan fingerprint density at radius 1 is 0.773 bits per heavy atom. The van der Waals surface area contributed by atoms with Crippen LogP contribution in [0.1, 0.15) is 5.56 Å². The van der Waals surface area contributed by atoms with E-state index in [2.05, 4.69) is 21.3 Å². The Labute approximate surface area is 131 Å². The zero-order chi connectivity index (χ0) is 15.6. The predicted octanol–water partition coefficient (Wildman–Crippen LogP) is -0.729. The summed E-state index contributed by atoms with van der Waals surface area (Å²) in [7, 11) is 0. The normalized spacial score (nSPS) is 19.3. The molecule has 1 aliphatic heterocycles. The van der Waals surface area contributed by atoms with Crippen molar-refractivity contribution >= 4 is 11.8 Å². The zero-order valence-corrected chi connectivity index (χ0v) is 12.7. The lowest BCUT2D eigenvalue weighted by molar-refractivity contribution is -0.135. The number of carbonyl (C=O) groups is 2. The number of rotatable bonds is 2. The summed E-state index contributed by atoms with van der Waals surface area (Å²) in [5.74, 6) is -1.12. The lowest BCUT2D eigenvalue weighted by Crippen LogP contribution is -2.44. The minimum Gasteiger partial charge on any atom is -0.354 e. The molecule has 6 nitrogen and oxygen atoms in total. The quantitative estimate of drug-likeness (QED) is 0.543. The highest BCUT2D eigenvalue weighted by Crippen LogP contribution is 2.09. The molecule has 1 fully saturated rings. The number of benzene rings is 1. The van der Waals surface area contributed by atoms with Crippen molar-refractivity contribution in [2.75, 3.05) is 39.3 Å². The van der Waals surface area contributed by atoms with Crippen LogP contribution >= 0.6 is 0 Å². The second-order valence-electron chi connectivity index (χ2n) is 5.32. The average Bonchev–Trinajstić information content (AvgIpc) is 2.55. The van der Waals surface area contributed by atoms with Gasteiger partial charge in [0.15, 0.2) is 0 Å². The molecule has 0 atom stereocenters. The van der Waals surface area contributed by atoms with Crippen LogP contribution in [0.5, 0.6) is 0 Å². The standard InChI is InChI=1S/C16H24N4O2/c21-15-14(12-13-4-2-1-3-5-13)16(22)20-11-9-18-7-6-17-8-10-19-15/h1-5,14,17-18H,6-12H2,(H,19,21)(H,20,22). The van der Waals surface area contributed by atoms with Gasteiger partial charge in [0.2, 0.25) is 11.8 Å². The molecule has 120 valence electrons. The molecule has 1 aromatic rings. The molecule has 0 aliphatic carbocycles. The molecule has 0 spiro atoms. The molecule has 0 bridgehead atoms. The third-order valence-corrected chi connectivity index (χ3v) is 3.60. The molecule has 1 saturated heterocycles. The van der Waals surface area contributed by atoms with E-state index in [1.165, 1.54) is 0 Å². The molecular formula is C16H24N4O2. The van der Waals surface area contributed by atoms with Gasteiger partial charge in [-0.15, -0.1) is 0 Å². The van der Waals surface area contributed by atoms with E-state index in [1.54, 1.807) is 0 Å². The van der Waals surface area contributed by atoms with Crippen molar-refractivity contribution in [2.24, 2.45) is 5.92 Å². The number of carbonyl (C=O) groups excluding carboxylic acids is 2. The minimum absolute atomic E-state index is 0.213. The maximum atomic E-state index is 12.3. The van der Waals surface area contributed by atoms with E-state index in [0.717, 1.165) is 18.7 Å². The summed E-state index contributed by atoms with van der Waals surface area (Å²) in [6, 6.07) is 9.62. The van der Waals surface area contributed by atoms with Gasteiger partial charge in [0.1, 0.15) is 5.92 Å². The number of hydrogen-bond acceptors (Lipinski definition) is 4. The van der Waals surface area contributed by atoms with E-state index < -0.39 is 5.92 Å². The molecule has 1 aromatic carbocycles. The van der Waals surface area contributed by atoms with Gasteiger partial charge in [-0.1, -0.05) is 30.3 Å². The Kier molecular flexibility index (Phi) is 6.86. The van der Waals surface area contributed by atoms with E-state index in [-0.39, 0.29) is 11.8 Å². The Morgan fingerprint density at radius 3 is 1.82 bits per heavy atom. The molecular weight excluding hydrogens is 280 g/mol. The summed E-state index contributed by atoms with van der Waals surface area (Å²) in [6.45, 7) is 4.14. The molecule has 0 saturated carbocycles. The van der Waals surface area contributed by atoms with Crippen LogP contribution in [0.25, 0.3) is 0 Å². The van der Waals surface area contributed by atoms with Gasteiger partial charge in [-0.3, -0.25) is 9.59 Å². The van der Waals surface area contributed by atoms with Gasteiger partial charge in [-0.2, -0.15) is 0 Å². The van der Waals surface area contributed by atoms with Gasteiger partial charge in [-0.05, 0) is 12.0 Å². The van der Waals surface area contributed by atoms with Crippen LogP contribution in [0.15, 0.2) is 30.3 Å². The fraction of sp³-hybridized carbons (Fsp3) is 0.500. The summed E-state index contributed by atoms with van der Waals surface area (Å²) in [4.78, 5) is 24.6. The second-order valence-corrected chi connectivity index (χ2v) is 5.32. The van der Waals surface area contributed by atoms with Crippen LogP contribution < -0.4 is 21.3 Å². The molecule has 0 unspecified atom stereocenters. The monoisotopic (exact) mass is 304 g/mol. The van der Waals surface area contributed by atoms with E-state index in [9.17, 15) is 9.59 Å². The molecule has 4 N–H and O–H groups in total. The summed E-state index contributed by atoms with van der Waals surface area (Å²) < 4.78 is 0. The maximum absolute atomic E-state index is 12.3. The lowest BCUT2D eigenvalue weighted by Gasteiger charge is -2.16. The average molecular weight is 304 g/mol. The maximum Gasteiger partial charge on any atom is 0.232 e. The molecule has 6 heteroatoms. The predicted molar refractivity (Wildman–Crippen MR) is 85.4 cm³/mol.